The van der Waals surface area contributed by atoms with Crippen LogP contribution in [0.1, 0.15) is 32.4 Å². The molecule has 1 rings (SSSR count). The van der Waals surface area contributed by atoms with Crippen LogP contribution in [-0.4, -0.2) is 11.7 Å². The van der Waals surface area contributed by atoms with E-state index in [2.05, 4.69) is 13.8 Å². The lowest BCUT2D eigenvalue weighted by atomic mass is 10.1. The Hall–Kier alpha value is -0.730. The van der Waals surface area contributed by atoms with Crippen molar-refractivity contribution in [2.45, 2.75) is 26.9 Å². The van der Waals surface area contributed by atoms with Gasteiger partial charge >= 0.3 is 0 Å². The molecule has 0 aromatic heterocycles. The molecule has 2 nitrogen and oxygen atoms in total. The number of aliphatic hydroxyl groups is 1. The number of hydrogen-bond acceptors (Lipinski definition) is 2. The molecule has 0 aliphatic rings. The summed E-state index contributed by atoms with van der Waals surface area (Å²) in [6, 6.07) is 5.36. The molecule has 15 heavy (non-hydrogen) atoms. The molecule has 0 fully saturated rings. The van der Waals surface area contributed by atoms with E-state index < -0.39 is 6.10 Å². The van der Waals surface area contributed by atoms with Crippen molar-refractivity contribution in [3.63, 3.8) is 0 Å². The number of halogens is 1. The first kappa shape index (κ1) is 12.3. The quantitative estimate of drug-likeness (QED) is 0.856. The first-order valence-electron chi connectivity index (χ1n) is 5.11. The van der Waals surface area contributed by atoms with E-state index in [1.54, 1.807) is 19.1 Å². The average Bonchev–Trinajstić information content (AvgIpc) is 2.15. The molecular weight excluding hydrogens is 212 g/mol. The molecule has 3 heteroatoms. The fourth-order valence-corrected chi connectivity index (χ4v) is 1.39. The summed E-state index contributed by atoms with van der Waals surface area (Å²) in [5.41, 5.74) is 0.803. The lowest BCUT2D eigenvalue weighted by molar-refractivity contribution is 0.199. The third kappa shape index (κ3) is 3.73. The summed E-state index contributed by atoms with van der Waals surface area (Å²) in [5.74, 6) is 1.15. The SMILES string of the molecule is CC(C)COc1ccc(C(C)O)cc1Cl. The van der Waals surface area contributed by atoms with Gasteiger partial charge in [-0.3, -0.25) is 0 Å². The topological polar surface area (TPSA) is 29.5 Å². The van der Waals surface area contributed by atoms with Gasteiger partial charge in [-0.15, -0.1) is 0 Å². The molecule has 0 aliphatic heterocycles. The van der Waals surface area contributed by atoms with Gasteiger partial charge in [-0.25, -0.2) is 0 Å². The largest absolute Gasteiger partial charge is 0.492 e. The van der Waals surface area contributed by atoms with Crippen LogP contribution in [0.25, 0.3) is 0 Å². The van der Waals surface area contributed by atoms with Gasteiger partial charge in [-0.2, -0.15) is 0 Å². The monoisotopic (exact) mass is 228 g/mol. The van der Waals surface area contributed by atoms with Crippen LogP contribution in [0.5, 0.6) is 5.75 Å². The summed E-state index contributed by atoms with van der Waals surface area (Å²) in [5, 5.41) is 9.91. The standard InChI is InChI=1S/C12H17ClO2/c1-8(2)7-15-12-5-4-10(9(3)14)6-11(12)13/h4-6,8-9,14H,7H2,1-3H3. The molecule has 1 N–H and O–H groups in total. The highest BCUT2D eigenvalue weighted by Gasteiger charge is 2.06. The van der Waals surface area contributed by atoms with Gasteiger partial charge in [0.15, 0.2) is 0 Å². The summed E-state index contributed by atoms with van der Waals surface area (Å²) in [6.07, 6.45) is -0.498. The zero-order valence-corrected chi connectivity index (χ0v) is 10.1. The molecule has 0 saturated carbocycles. The van der Waals surface area contributed by atoms with E-state index in [1.807, 2.05) is 6.07 Å². The Balaban J connectivity index is 2.75. The predicted octanol–water partition coefficient (Wildman–Crippen LogP) is 3.43. The maximum Gasteiger partial charge on any atom is 0.137 e. The van der Waals surface area contributed by atoms with Crippen LogP contribution in [0.4, 0.5) is 0 Å². The highest BCUT2D eigenvalue weighted by atomic mass is 35.5. The van der Waals surface area contributed by atoms with Crippen molar-refractivity contribution in [2.75, 3.05) is 6.61 Å². The first-order valence-corrected chi connectivity index (χ1v) is 5.48. The Morgan fingerprint density at radius 3 is 2.47 bits per heavy atom. The van der Waals surface area contributed by atoms with Crippen molar-refractivity contribution >= 4 is 11.6 Å². The minimum Gasteiger partial charge on any atom is -0.492 e. The van der Waals surface area contributed by atoms with Crippen molar-refractivity contribution in [3.05, 3.63) is 28.8 Å². The molecule has 1 aromatic carbocycles. The Kier molecular flexibility index (Phi) is 4.43. The van der Waals surface area contributed by atoms with Crippen LogP contribution in [0, 0.1) is 5.92 Å². The molecule has 1 aromatic rings. The molecule has 0 bridgehead atoms. The van der Waals surface area contributed by atoms with E-state index in [1.165, 1.54) is 0 Å². The molecule has 0 radical (unpaired) electrons. The molecule has 0 amide bonds. The van der Waals surface area contributed by atoms with E-state index in [4.69, 9.17) is 16.3 Å². The van der Waals surface area contributed by atoms with Crippen LogP contribution in [0.2, 0.25) is 5.02 Å². The fourth-order valence-electron chi connectivity index (χ4n) is 1.15. The summed E-state index contributed by atoms with van der Waals surface area (Å²) in [6.45, 7) is 6.52. The zero-order chi connectivity index (χ0) is 11.4. The molecule has 84 valence electrons. The van der Waals surface area contributed by atoms with Gasteiger partial charge in [0, 0.05) is 0 Å². The van der Waals surface area contributed by atoms with Crippen LogP contribution < -0.4 is 4.74 Å². The van der Waals surface area contributed by atoms with E-state index in [9.17, 15) is 5.11 Å². The summed E-state index contributed by atoms with van der Waals surface area (Å²) in [4.78, 5) is 0. The number of ether oxygens (including phenoxy) is 1. The van der Waals surface area contributed by atoms with Crippen molar-refractivity contribution in [3.8, 4) is 5.75 Å². The maximum absolute atomic E-state index is 9.36. The third-order valence-corrected chi connectivity index (χ3v) is 2.31. The average molecular weight is 229 g/mol. The smallest absolute Gasteiger partial charge is 0.137 e. The van der Waals surface area contributed by atoms with Crippen molar-refractivity contribution in [2.24, 2.45) is 5.92 Å². The molecule has 0 spiro atoms. The van der Waals surface area contributed by atoms with Gasteiger partial charge in [0.25, 0.3) is 0 Å². The van der Waals surface area contributed by atoms with E-state index in [0.29, 0.717) is 23.3 Å². The Labute approximate surface area is 95.8 Å². The number of hydrogen-bond donors (Lipinski definition) is 1. The zero-order valence-electron chi connectivity index (χ0n) is 9.33. The van der Waals surface area contributed by atoms with Crippen molar-refractivity contribution < 1.29 is 9.84 Å². The fraction of sp³-hybridized carbons (Fsp3) is 0.500. The lowest BCUT2D eigenvalue weighted by Crippen LogP contribution is -2.05. The molecule has 0 heterocycles. The highest BCUT2D eigenvalue weighted by molar-refractivity contribution is 6.32. The summed E-state index contributed by atoms with van der Waals surface area (Å²) < 4.78 is 5.52. The number of rotatable bonds is 4. The van der Waals surface area contributed by atoms with Gasteiger partial charge in [0.2, 0.25) is 0 Å². The van der Waals surface area contributed by atoms with Gasteiger partial charge in [-0.05, 0) is 30.5 Å². The summed E-state index contributed by atoms with van der Waals surface area (Å²) in [7, 11) is 0. The Morgan fingerprint density at radius 1 is 1.33 bits per heavy atom. The summed E-state index contributed by atoms with van der Waals surface area (Å²) >= 11 is 6.02. The third-order valence-electron chi connectivity index (χ3n) is 2.01. The first-order chi connectivity index (χ1) is 7.00. The van der Waals surface area contributed by atoms with Crippen LogP contribution in [-0.2, 0) is 0 Å². The Morgan fingerprint density at radius 2 is 2.00 bits per heavy atom. The van der Waals surface area contributed by atoms with Crippen molar-refractivity contribution in [1.29, 1.82) is 0 Å². The van der Waals surface area contributed by atoms with Gasteiger partial charge in [0.1, 0.15) is 5.75 Å². The molecule has 1 unspecified atom stereocenters. The van der Waals surface area contributed by atoms with E-state index in [0.717, 1.165) is 5.56 Å². The van der Waals surface area contributed by atoms with Crippen LogP contribution in [0.15, 0.2) is 18.2 Å². The Bertz CT molecular complexity index is 321. The second kappa shape index (κ2) is 5.38. The van der Waals surface area contributed by atoms with Crippen molar-refractivity contribution in [1.82, 2.24) is 0 Å². The maximum atomic E-state index is 9.36. The van der Waals surface area contributed by atoms with Gasteiger partial charge in [0.05, 0.1) is 17.7 Å². The minimum atomic E-state index is -0.498. The second-order valence-electron chi connectivity index (χ2n) is 4.07. The molecule has 1 atom stereocenters. The number of benzene rings is 1. The van der Waals surface area contributed by atoms with E-state index >= 15 is 0 Å². The normalized spacial score (nSPS) is 12.9. The predicted molar refractivity (Wildman–Crippen MR) is 62.4 cm³/mol. The lowest BCUT2D eigenvalue weighted by Gasteiger charge is -2.12. The van der Waals surface area contributed by atoms with E-state index in [-0.39, 0.29) is 0 Å². The minimum absolute atomic E-state index is 0.470. The highest BCUT2D eigenvalue weighted by Crippen LogP contribution is 2.28. The number of aliphatic hydroxyl groups excluding tert-OH is 1. The second-order valence-corrected chi connectivity index (χ2v) is 4.48. The molecule has 0 aliphatic carbocycles. The van der Waals surface area contributed by atoms with Crippen LogP contribution >= 0.6 is 11.6 Å². The molecule has 0 saturated heterocycles. The van der Waals surface area contributed by atoms with Gasteiger partial charge < -0.3 is 9.84 Å². The van der Waals surface area contributed by atoms with Crippen LogP contribution in [0.3, 0.4) is 0 Å². The molecular formula is C12H17ClO2. The van der Waals surface area contributed by atoms with Gasteiger partial charge in [-0.1, -0.05) is 31.5 Å².